The number of methoxy groups -OCH3 is 2. The van der Waals surface area contributed by atoms with Crippen LogP contribution in [0, 0.1) is 0 Å². The Bertz CT molecular complexity index is 709. The summed E-state index contributed by atoms with van der Waals surface area (Å²) in [4.78, 5) is 17.5. The summed E-state index contributed by atoms with van der Waals surface area (Å²) in [6.07, 6.45) is 0. The van der Waals surface area contributed by atoms with Gasteiger partial charge in [0.15, 0.2) is 0 Å². The molecule has 0 saturated carbocycles. The van der Waals surface area contributed by atoms with Crippen LogP contribution in [-0.2, 0) is 9.47 Å². The van der Waals surface area contributed by atoms with E-state index in [-0.39, 0.29) is 11.6 Å². The molecule has 0 amide bonds. The molecule has 120 valence electrons. The fraction of sp³-hybridized carbons (Fsp3) is 0.467. The number of aromatic nitrogens is 2. The summed E-state index contributed by atoms with van der Waals surface area (Å²) in [7, 11) is 3.14. The van der Waals surface area contributed by atoms with Crippen molar-refractivity contribution in [2.75, 3.05) is 27.4 Å². The van der Waals surface area contributed by atoms with Crippen LogP contribution in [0.3, 0.4) is 0 Å². The van der Waals surface area contributed by atoms with Gasteiger partial charge >= 0.3 is 0 Å². The van der Waals surface area contributed by atoms with Crippen molar-refractivity contribution in [3.63, 3.8) is 0 Å². The van der Waals surface area contributed by atoms with Crippen molar-refractivity contribution in [2.45, 2.75) is 19.0 Å². The molecule has 22 heavy (non-hydrogen) atoms. The van der Waals surface area contributed by atoms with Crippen LogP contribution in [0.15, 0.2) is 23.0 Å². The number of ether oxygens (including phenoxy) is 2. The number of nitrogens with two attached hydrogens (primary N) is 1. The lowest BCUT2D eigenvalue weighted by atomic mass is 10.2. The van der Waals surface area contributed by atoms with E-state index in [9.17, 15) is 4.79 Å². The Morgan fingerprint density at radius 3 is 2.50 bits per heavy atom. The van der Waals surface area contributed by atoms with Crippen molar-refractivity contribution in [2.24, 2.45) is 5.73 Å². The molecule has 2 rings (SSSR count). The first-order valence-electron chi connectivity index (χ1n) is 6.95. The average molecular weight is 326 g/mol. The van der Waals surface area contributed by atoms with E-state index in [0.29, 0.717) is 35.0 Å². The molecule has 0 bridgehead atoms. The highest BCUT2D eigenvalue weighted by Gasteiger charge is 2.22. The third-order valence-electron chi connectivity index (χ3n) is 3.40. The van der Waals surface area contributed by atoms with Gasteiger partial charge in [-0.05, 0) is 19.1 Å². The number of hydrogen-bond donors (Lipinski definition) is 1. The van der Waals surface area contributed by atoms with Gasteiger partial charge in [0.2, 0.25) is 0 Å². The highest BCUT2D eigenvalue weighted by Crippen LogP contribution is 2.22. The zero-order valence-corrected chi connectivity index (χ0v) is 13.6. The van der Waals surface area contributed by atoms with Crippen LogP contribution in [-0.4, -0.2) is 37.0 Å². The van der Waals surface area contributed by atoms with Crippen LogP contribution in [0.2, 0.25) is 5.02 Å². The molecule has 1 unspecified atom stereocenters. The van der Waals surface area contributed by atoms with E-state index in [1.54, 1.807) is 39.3 Å². The van der Waals surface area contributed by atoms with Crippen molar-refractivity contribution in [1.82, 2.24) is 9.55 Å². The third-order valence-corrected chi connectivity index (χ3v) is 3.71. The number of hydrogen-bond acceptors (Lipinski definition) is 5. The van der Waals surface area contributed by atoms with Gasteiger partial charge in [0.25, 0.3) is 5.56 Å². The lowest BCUT2D eigenvalue weighted by molar-refractivity contribution is 0.0857. The monoisotopic (exact) mass is 325 g/mol. The van der Waals surface area contributed by atoms with E-state index in [4.69, 9.17) is 26.8 Å². The highest BCUT2D eigenvalue weighted by atomic mass is 35.5. The molecule has 1 aromatic heterocycles. The summed E-state index contributed by atoms with van der Waals surface area (Å²) >= 11 is 6.18. The van der Waals surface area contributed by atoms with E-state index in [1.165, 1.54) is 4.57 Å². The topological polar surface area (TPSA) is 79.4 Å². The third kappa shape index (κ3) is 3.15. The van der Waals surface area contributed by atoms with Crippen LogP contribution >= 0.6 is 11.6 Å². The molecule has 7 heteroatoms. The van der Waals surface area contributed by atoms with Gasteiger partial charge in [-0.15, -0.1) is 0 Å². The Labute approximate surface area is 133 Å². The predicted molar refractivity (Wildman–Crippen MR) is 86.4 cm³/mol. The molecule has 0 saturated heterocycles. The lowest BCUT2D eigenvalue weighted by Gasteiger charge is -2.23. The summed E-state index contributed by atoms with van der Waals surface area (Å²) < 4.78 is 11.9. The number of nitrogens with zero attached hydrogens (tertiary/aromatic N) is 2. The number of fused-ring (bicyclic) bond motifs is 1. The Balaban J connectivity index is 2.79. The molecule has 1 aromatic carbocycles. The van der Waals surface area contributed by atoms with Crippen molar-refractivity contribution >= 4 is 22.5 Å². The quantitative estimate of drug-likeness (QED) is 0.877. The molecule has 0 radical (unpaired) electrons. The fourth-order valence-electron chi connectivity index (χ4n) is 2.48. The first-order valence-corrected chi connectivity index (χ1v) is 7.33. The second-order valence-electron chi connectivity index (χ2n) is 5.13. The largest absolute Gasteiger partial charge is 0.382 e. The predicted octanol–water partition coefficient (Wildman–Crippen LogP) is 1.90. The molecule has 0 aliphatic heterocycles. The van der Waals surface area contributed by atoms with E-state index in [0.717, 1.165) is 0 Å². The highest BCUT2D eigenvalue weighted by molar-refractivity contribution is 6.35. The maximum atomic E-state index is 12.9. The second-order valence-corrected chi connectivity index (χ2v) is 5.54. The molecule has 1 atom stereocenters. The summed E-state index contributed by atoms with van der Waals surface area (Å²) in [6.45, 7) is 2.40. The van der Waals surface area contributed by atoms with Gasteiger partial charge in [-0.3, -0.25) is 9.36 Å². The van der Waals surface area contributed by atoms with Gasteiger partial charge in [-0.2, -0.15) is 0 Å². The minimum Gasteiger partial charge on any atom is -0.382 e. The molecule has 0 fully saturated rings. The molecule has 0 spiro atoms. The van der Waals surface area contributed by atoms with Crippen LogP contribution in [0.25, 0.3) is 10.9 Å². The van der Waals surface area contributed by atoms with Crippen LogP contribution in [0.1, 0.15) is 24.8 Å². The fourth-order valence-corrected chi connectivity index (χ4v) is 2.73. The zero-order chi connectivity index (χ0) is 16.3. The maximum Gasteiger partial charge on any atom is 0.263 e. The molecule has 6 nitrogen and oxygen atoms in total. The Morgan fingerprint density at radius 2 is 1.95 bits per heavy atom. The van der Waals surface area contributed by atoms with Crippen molar-refractivity contribution in [1.29, 1.82) is 0 Å². The molecule has 0 aliphatic rings. The molecular formula is C15H20ClN3O3. The minimum atomic E-state index is -0.410. The van der Waals surface area contributed by atoms with Crippen molar-refractivity contribution in [3.8, 4) is 0 Å². The first kappa shape index (κ1) is 16.9. The number of halogens is 1. The first-order chi connectivity index (χ1) is 10.5. The smallest absolute Gasteiger partial charge is 0.263 e. The molecule has 1 heterocycles. The van der Waals surface area contributed by atoms with E-state index < -0.39 is 6.04 Å². The van der Waals surface area contributed by atoms with Crippen LogP contribution in [0.4, 0.5) is 0 Å². The number of benzene rings is 1. The molecular weight excluding hydrogens is 306 g/mol. The molecule has 0 aliphatic carbocycles. The van der Waals surface area contributed by atoms with Crippen molar-refractivity contribution in [3.05, 3.63) is 39.4 Å². The summed E-state index contributed by atoms with van der Waals surface area (Å²) in [5.41, 5.74) is 6.31. The van der Waals surface area contributed by atoms with Gasteiger partial charge in [0.05, 0.1) is 41.2 Å². The van der Waals surface area contributed by atoms with Crippen molar-refractivity contribution < 1.29 is 9.47 Å². The van der Waals surface area contributed by atoms with Gasteiger partial charge < -0.3 is 15.2 Å². The minimum absolute atomic E-state index is 0.234. The SMILES string of the molecule is COCC(COC)n1c(C(C)N)nc2cccc(Cl)c2c1=O. The molecule has 2 aromatic rings. The van der Waals surface area contributed by atoms with Crippen LogP contribution in [0.5, 0.6) is 0 Å². The van der Waals surface area contributed by atoms with E-state index in [1.807, 2.05) is 0 Å². The Morgan fingerprint density at radius 1 is 1.32 bits per heavy atom. The number of rotatable bonds is 6. The van der Waals surface area contributed by atoms with Crippen LogP contribution < -0.4 is 11.3 Å². The van der Waals surface area contributed by atoms with Gasteiger partial charge in [0, 0.05) is 14.2 Å². The van der Waals surface area contributed by atoms with Gasteiger partial charge in [-0.1, -0.05) is 17.7 Å². The maximum absolute atomic E-state index is 12.9. The lowest BCUT2D eigenvalue weighted by Crippen LogP contribution is -2.35. The van der Waals surface area contributed by atoms with E-state index in [2.05, 4.69) is 4.98 Å². The Hall–Kier alpha value is -1.47. The van der Waals surface area contributed by atoms with E-state index >= 15 is 0 Å². The standard InChI is InChI=1S/C15H20ClN3O3/c1-9(17)14-18-12-6-4-5-11(16)13(12)15(20)19(14)10(7-21-2)8-22-3/h4-6,9-10H,7-8,17H2,1-3H3. The van der Waals surface area contributed by atoms with Gasteiger partial charge in [0.1, 0.15) is 5.82 Å². The zero-order valence-electron chi connectivity index (χ0n) is 12.9. The molecule has 2 N–H and O–H groups in total. The summed E-state index contributed by atoms with van der Waals surface area (Å²) in [5.74, 6) is 0.485. The Kier molecular flexibility index (Phi) is 5.52. The summed E-state index contributed by atoms with van der Waals surface area (Å²) in [5, 5.41) is 0.749. The second kappa shape index (κ2) is 7.19. The summed E-state index contributed by atoms with van der Waals surface area (Å²) in [6, 6.07) is 4.45. The normalized spacial score (nSPS) is 13.0. The average Bonchev–Trinajstić information content (AvgIpc) is 2.46. The van der Waals surface area contributed by atoms with Gasteiger partial charge in [-0.25, -0.2) is 4.98 Å².